The van der Waals surface area contributed by atoms with Gasteiger partial charge in [0.25, 0.3) is 0 Å². The molecule has 2 rings (SSSR count). The smallest absolute Gasteiger partial charge is 0.244 e. The molecule has 0 heterocycles. The lowest BCUT2D eigenvalue weighted by atomic mass is 10.1. The van der Waals surface area contributed by atoms with E-state index in [0.29, 0.717) is 12.3 Å². The second-order valence-electron chi connectivity index (χ2n) is 7.71. The van der Waals surface area contributed by atoms with Crippen molar-refractivity contribution in [2.75, 3.05) is 30.8 Å². The van der Waals surface area contributed by atoms with Crippen LogP contribution in [0.5, 0.6) is 5.75 Å². The van der Waals surface area contributed by atoms with Crippen molar-refractivity contribution in [2.24, 2.45) is 0 Å². The van der Waals surface area contributed by atoms with Gasteiger partial charge in [-0.1, -0.05) is 42.3 Å². The number of carbonyl (C=O) groups excluding carboxylic acids is 2. The summed E-state index contributed by atoms with van der Waals surface area (Å²) in [4.78, 5) is 27.5. The molecule has 186 valence electrons. The average Bonchev–Trinajstić information content (AvgIpc) is 2.80. The molecule has 0 aliphatic carbocycles. The van der Waals surface area contributed by atoms with Crippen LogP contribution in [0.15, 0.2) is 42.5 Å². The highest BCUT2D eigenvalue weighted by molar-refractivity contribution is 7.92. The molecule has 0 aliphatic rings. The van der Waals surface area contributed by atoms with Crippen LogP contribution in [0.2, 0.25) is 10.0 Å². The monoisotopic (exact) mass is 529 g/mol. The number of methoxy groups -OCH3 is 1. The molecule has 1 atom stereocenters. The van der Waals surface area contributed by atoms with Crippen molar-refractivity contribution in [1.29, 1.82) is 0 Å². The van der Waals surface area contributed by atoms with E-state index in [9.17, 15) is 18.0 Å². The Hall–Kier alpha value is -2.49. The van der Waals surface area contributed by atoms with Gasteiger partial charge >= 0.3 is 0 Å². The summed E-state index contributed by atoms with van der Waals surface area (Å²) in [6.45, 7) is 3.54. The number of nitrogens with one attached hydrogen (secondary N) is 1. The fraction of sp³-hybridized carbons (Fsp3) is 0.391. The molecule has 0 aromatic heterocycles. The number of halogens is 2. The first-order valence-corrected chi connectivity index (χ1v) is 13.2. The highest BCUT2D eigenvalue weighted by Crippen LogP contribution is 2.28. The number of rotatable bonds is 11. The Morgan fingerprint density at radius 1 is 1.12 bits per heavy atom. The van der Waals surface area contributed by atoms with Gasteiger partial charge in [-0.05, 0) is 49.2 Å². The van der Waals surface area contributed by atoms with Crippen molar-refractivity contribution in [2.45, 2.75) is 32.9 Å². The van der Waals surface area contributed by atoms with Crippen LogP contribution >= 0.6 is 23.2 Å². The first kappa shape index (κ1) is 27.8. The van der Waals surface area contributed by atoms with Crippen molar-refractivity contribution in [3.05, 3.63) is 58.1 Å². The van der Waals surface area contributed by atoms with Crippen molar-refractivity contribution in [3.63, 3.8) is 0 Å². The maximum absolute atomic E-state index is 13.5. The van der Waals surface area contributed by atoms with Gasteiger partial charge in [-0.15, -0.1) is 0 Å². The van der Waals surface area contributed by atoms with Crippen LogP contribution in [-0.4, -0.2) is 57.6 Å². The molecule has 0 fully saturated rings. The van der Waals surface area contributed by atoms with E-state index in [1.807, 2.05) is 6.92 Å². The maximum Gasteiger partial charge on any atom is 0.244 e. The zero-order valence-corrected chi connectivity index (χ0v) is 21.9. The van der Waals surface area contributed by atoms with Gasteiger partial charge in [-0.3, -0.25) is 13.9 Å². The number of carbonyl (C=O) groups is 2. The Morgan fingerprint density at radius 2 is 1.82 bits per heavy atom. The molecule has 0 spiro atoms. The third-order valence-electron chi connectivity index (χ3n) is 5.07. The maximum atomic E-state index is 13.5. The van der Waals surface area contributed by atoms with E-state index in [4.69, 9.17) is 27.9 Å². The zero-order valence-electron chi connectivity index (χ0n) is 19.5. The van der Waals surface area contributed by atoms with Gasteiger partial charge in [0.1, 0.15) is 18.3 Å². The number of benzene rings is 2. The Labute approximate surface area is 210 Å². The van der Waals surface area contributed by atoms with Crippen LogP contribution in [-0.2, 0) is 26.2 Å². The number of anilines is 1. The minimum atomic E-state index is -3.86. The molecule has 1 N–H and O–H groups in total. The lowest BCUT2D eigenvalue weighted by Crippen LogP contribution is -2.51. The van der Waals surface area contributed by atoms with Gasteiger partial charge in [0.05, 0.1) is 29.1 Å². The fourth-order valence-corrected chi connectivity index (χ4v) is 4.33. The van der Waals surface area contributed by atoms with Crippen LogP contribution in [0.1, 0.15) is 25.8 Å². The summed E-state index contributed by atoms with van der Waals surface area (Å²) in [5.41, 5.74) is 0.915. The van der Waals surface area contributed by atoms with E-state index in [1.165, 1.54) is 30.2 Å². The minimum Gasteiger partial charge on any atom is -0.497 e. The lowest BCUT2D eigenvalue weighted by molar-refractivity contribution is -0.139. The van der Waals surface area contributed by atoms with Crippen molar-refractivity contribution >= 4 is 50.7 Å². The second kappa shape index (κ2) is 12.3. The van der Waals surface area contributed by atoms with E-state index in [-0.39, 0.29) is 28.2 Å². The zero-order chi connectivity index (χ0) is 25.5. The van der Waals surface area contributed by atoms with Crippen LogP contribution in [0.3, 0.4) is 0 Å². The van der Waals surface area contributed by atoms with Gasteiger partial charge in [-0.2, -0.15) is 0 Å². The largest absolute Gasteiger partial charge is 0.497 e. The van der Waals surface area contributed by atoms with E-state index in [1.54, 1.807) is 31.2 Å². The summed E-state index contributed by atoms with van der Waals surface area (Å²) in [6.07, 6.45) is 1.73. The third kappa shape index (κ3) is 7.51. The molecule has 0 saturated heterocycles. The van der Waals surface area contributed by atoms with Crippen molar-refractivity contribution < 1.29 is 22.7 Å². The van der Waals surface area contributed by atoms with Crippen LogP contribution in [0.4, 0.5) is 5.69 Å². The van der Waals surface area contributed by atoms with E-state index in [2.05, 4.69) is 5.32 Å². The van der Waals surface area contributed by atoms with E-state index >= 15 is 0 Å². The van der Waals surface area contributed by atoms with Gasteiger partial charge < -0.3 is 15.0 Å². The SMILES string of the molecule is CCCNC(=O)[C@@H](C)N(Cc1cccc(OC)c1)C(=O)CN(c1ccc(Cl)c(Cl)c1)S(C)(=O)=O. The third-order valence-corrected chi connectivity index (χ3v) is 6.95. The molecule has 0 unspecified atom stereocenters. The quantitative estimate of drug-likeness (QED) is 0.478. The normalized spacial score (nSPS) is 12.1. The molecule has 0 radical (unpaired) electrons. The molecular weight excluding hydrogens is 501 g/mol. The number of hydrogen-bond acceptors (Lipinski definition) is 5. The number of nitrogens with zero attached hydrogens (tertiary/aromatic N) is 2. The second-order valence-corrected chi connectivity index (χ2v) is 10.4. The summed E-state index contributed by atoms with van der Waals surface area (Å²) in [7, 11) is -2.32. The first-order chi connectivity index (χ1) is 16.0. The lowest BCUT2D eigenvalue weighted by Gasteiger charge is -2.31. The Morgan fingerprint density at radius 3 is 2.41 bits per heavy atom. The molecule has 2 amide bonds. The summed E-state index contributed by atoms with van der Waals surface area (Å²) < 4.78 is 31.3. The van der Waals surface area contributed by atoms with Crippen molar-refractivity contribution in [1.82, 2.24) is 10.2 Å². The number of ether oxygens (including phenoxy) is 1. The Kier molecular flexibility index (Phi) is 10.0. The molecule has 2 aromatic carbocycles. The average molecular weight is 530 g/mol. The number of amides is 2. The summed E-state index contributed by atoms with van der Waals surface area (Å²) >= 11 is 12.0. The molecule has 2 aromatic rings. The summed E-state index contributed by atoms with van der Waals surface area (Å²) in [6, 6.07) is 10.5. The number of hydrogen-bond donors (Lipinski definition) is 1. The molecular formula is C23H29Cl2N3O5S. The highest BCUT2D eigenvalue weighted by Gasteiger charge is 2.30. The molecule has 11 heteroatoms. The van der Waals surface area contributed by atoms with Gasteiger partial charge in [0.15, 0.2) is 0 Å². The van der Waals surface area contributed by atoms with Crippen molar-refractivity contribution in [3.8, 4) is 5.75 Å². The standard InChI is InChI=1S/C23H29Cl2N3O5S/c1-5-11-26-23(30)16(2)27(14-17-7-6-8-19(12-17)33-3)22(29)15-28(34(4,31)32)18-9-10-20(24)21(25)13-18/h6-10,12-13,16H,5,11,14-15H2,1-4H3,(H,26,30)/t16-/m1/s1. The topological polar surface area (TPSA) is 96.0 Å². The fourth-order valence-electron chi connectivity index (χ4n) is 3.20. The predicted molar refractivity (Wildman–Crippen MR) is 135 cm³/mol. The highest BCUT2D eigenvalue weighted by atomic mass is 35.5. The Balaban J connectivity index is 2.40. The van der Waals surface area contributed by atoms with Gasteiger partial charge in [-0.25, -0.2) is 8.42 Å². The van der Waals surface area contributed by atoms with Gasteiger partial charge in [0, 0.05) is 13.1 Å². The Bertz CT molecular complexity index is 1130. The van der Waals surface area contributed by atoms with Crippen LogP contribution < -0.4 is 14.4 Å². The molecule has 8 nitrogen and oxygen atoms in total. The van der Waals surface area contributed by atoms with Gasteiger partial charge in [0.2, 0.25) is 21.8 Å². The first-order valence-electron chi connectivity index (χ1n) is 10.6. The summed E-state index contributed by atoms with van der Waals surface area (Å²) in [5.74, 6) is -0.293. The molecule has 0 aliphatic heterocycles. The minimum absolute atomic E-state index is 0.0791. The predicted octanol–water partition coefficient (Wildman–Crippen LogP) is 3.71. The van der Waals surface area contributed by atoms with Crippen LogP contribution in [0, 0.1) is 0 Å². The van der Waals surface area contributed by atoms with Crippen LogP contribution in [0.25, 0.3) is 0 Å². The van der Waals surface area contributed by atoms with E-state index in [0.717, 1.165) is 22.5 Å². The number of sulfonamides is 1. The molecule has 0 bridgehead atoms. The summed E-state index contributed by atoms with van der Waals surface area (Å²) in [5, 5.41) is 3.19. The van der Waals surface area contributed by atoms with E-state index < -0.39 is 28.5 Å². The molecule has 0 saturated carbocycles. The molecule has 34 heavy (non-hydrogen) atoms.